The third kappa shape index (κ3) is 4.84. The number of hydrogen-bond donors (Lipinski definition) is 1. The van der Waals surface area contributed by atoms with Gasteiger partial charge in [-0.05, 0) is 51.9 Å². The van der Waals surface area contributed by atoms with Gasteiger partial charge in [0.05, 0.1) is 18.4 Å². The van der Waals surface area contributed by atoms with Crippen molar-refractivity contribution < 1.29 is 19.1 Å². The van der Waals surface area contributed by atoms with Crippen molar-refractivity contribution in [1.29, 1.82) is 0 Å². The van der Waals surface area contributed by atoms with E-state index >= 15 is 0 Å². The maximum Gasteiger partial charge on any atom is 0.293 e. The first-order chi connectivity index (χ1) is 15.5. The van der Waals surface area contributed by atoms with Crippen molar-refractivity contribution in [2.24, 2.45) is 0 Å². The molecule has 1 heterocycles. The number of thioether (sulfide) groups is 1. The topological polar surface area (TPSA) is 75.7 Å². The summed E-state index contributed by atoms with van der Waals surface area (Å²) in [4.78, 5) is 38.9. The Balaban J connectivity index is 1.33. The maximum atomic E-state index is 12.6. The van der Waals surface area contributed by atoms with E-state index in [4.69, 9.17) is 4.74 Å². The number of carbonyl (C=O) groups is 3. The summed E-state index contributed by atoms with van der Waals surface area (Å²) in [6.07, 6.45) is 1.92. The van der Waals surface area contributed by atoms with Crippen molar-refractivity contribution in [3.63, 3.8) is 0 Å². The normalized spacial score (nSPS) is 14.9. The highest BCUT2D eigenvalue weighted by molar-refractivity contribution is 8.18. The molecule has 1 aliphatic rings. The number of nitrogens with zero attached hydrogens (tertiary/aromatic N) is 1. The molecular formula is C25H22N2O4S. The van der Waals surface area contributed by atoms with Crippen LogP contribution in [0.15, 0.2) is 71.6 Å². The van der Waals surface area contributed by atoms with Crippen LogP contribution in [0.1, 0.15) is 11.1 Å². The quantitative estimate of drug-likeness (QED) is 0.550. The van der Waals surface area contributed by atoms with Crippen LogP contribution in [0.3, 0.4) is 0 Å². The van der Waals surface area contributed by atoms with Gasteiger partial charge in [-0.3, -0.25) is 19.3 Å². The average Bonchev–Trinajstić information content (AvgIpc) is 3.07. The first-order valence-electron chi connectivity index (χ1n) is 10.2. The van der Waals surface area contributed by atoms with E-state index in [2.05, 4.69) is 5.32 Å². The summed E-state index contributed by atoms with van der Waals surface area (Å²) in [5.74, 6) is 0.218. The number of carbonyl (C=O) groups excluding carboxylic acids is 3. The molecule has 0 atom stereocenters. The molecule has 0 saturated carbocycles. The summed E-state index contributed by atoms with van der Waals surface area (Å²) >= 11 is 0.904. The first kappa shape index (κ1) is 21.6. The molecule has 7 heteroatoms. The number of hydrogen-bond acceptors (Lipinski definition) is 5. The summed E-state index contributed by atoms with van der Waals surface area (Å²) < 4.78 is 5.13. The Kier molecular flexibility index (Phi) is 6.56. The molecule has 0 radical (unpaired) electrons. The van der Waals surface area contributed by atoms with Crippen LogP contribution in [-0.2, 0) is 16.0 Å². The lowest BCUT2D eigenvalue weighted by Crippen LogP contribution is -2.37. The number of imide groups is 1. The van der Waals surface area contributed by atoms with E-state index in [1.54, 1.807) is 25.3 Å². The van der Waals surface area contributed by atoms with Crippen molar-refractivity contribution in [2.75, 3.05) is 20.2 Å². The third-order valence-electron chi connectivity index (χ3n) is 5.18. The van der Waals surface area contributed by atoms with Crippen molar-refractivity contribution in [2.45, 2.75) is 6.42 Å². The van der Waals surface area contributed by atoms with E-state index in [1.165, 1.54) is 0 Å². The number of nitrogens with one attached hydrogen (secondary N) is 1. The molecule has 0 aliphatic carbocycles. The summed E-state index contributed by atoms with van der Waals surface area (Å²) in [7, 11) is 1.58. The SMILES string of the molecule is COc1ccc(/C=C2/SC(=O)N(CCNC(=O)Cc3cccc4ccccc34)C2=O)cc1. The second kappa shape index (κ2) is 9.70. The largest absolute Gasteiger partial charge is 0.497 e. The van der Waals surface area contributed by atoms with Crippen molar-refractivity contribution in [3.8, 4) is 5.75 Å². The van der Waals surface area contributed by atoms with Crippen LogP contribution in [0.2, 0.25) is 0 Å². The van der Waals surface area contributed by atoms with Crippen LogP contribution < -0.4 is 10.1 Å². The Morgan fingerprint density at radius 2 is 1.78 bits per heavy atom. The lowest BCUT2D eigenvalue weighted by molar-refractivity contribution is -0.124. The molecule has 3 aromatic rings. The Morgan fingerprint density at radius 3 is 2.56 bits per heavy atom. The van der Waals surface area contributed by atoms with Gasteiger partial charge in [-0.1, -0.05) is 54.6 Å². The van der Waals surface area contributed by atoms with Crippen LogP contribution in [0.4, 0.5) is 4.79 Å². The molecule has 0 unspecified atom stereocenters. The molecule has 162 valence electrons. The summed E-state index contributed by atoms with van der Waals surface area (Å²) in [5, 5.41) is 4.60. The van der Waals surface area contributed by atoms with Gasteiger partial charge in [-0.25, -0.2) is 0 Å². The van der Waals surface area contributed by atoms with Gasteiger partial charge in [0.25, 0.3) is 11.1 Å². The number of ether oxygens (including phenoxy) is 1. The Labute approximate surface area is 190 Å². The minimum Gasteiger partial charge on any atom is -0.497 e. The van der Waals surface area contributed by atoms with Gasteiger partial charge < -0.3 is 10.1 Å². The van der Waals surface area contributed by atoms with Crippen LogP contribution in [0.25, 0.3) is 16.8 Å². The van der Waals surface area contributed by atoms with Gasteiger partial charge in [0.15, 0.2) is 0 Å². The minimum atomic E-state index is -0.348. The van der Waals surface area contributed by atoms with Gasteiger partial charge in [-0.2, -0.15) is 0 Å². The van der Waals surface area contributed by atoms with E-state index in [0.717, 1.165) is 44.3 Å². The molecular weight excluding hydrogens is 424 g/mol. The van der Waals surface area contributed by atoms with Gasteiger partial charge in [0.1, 0.15) is 5.75 Å². The lowest BCUT2D eigenvalue weighted by atomic mass is 10.0. The van der Waals surface area contributed by atoms with E-state index in [0.29, 0.717) is 4.91 Å². The lowest BCUT2D eigenvalue weighted by Gasteiger charge is -2.13. The van der Waals surface area contributed by atoms with Crippen LogP contribution >= 0.6 is 11.8 Å². The van der Waals surface area contributed by atoms with Crippen molar-refractivity contribution >= 4 is 45.7 Å². The Morgan fingerprint density at radius 1 is 1.03 bits per heavy atom. The van der Waals surface area contributed by atoms with Crippen molar-refractivity contribution in [1.82, 2.24) is 10.2 Å². The smallest absolute Gasteiger partial charge is 0.293 e. The van der Waals surface area contributed by atoms with Gasteiger partial charge in [0.2, 0.25) is 5.91 Å². The van der Waals surface area contributed by atoms with E-state index in [1.807, 2.05) is 54.6 Å². The van der Waals surface area contributed by atoms with E-state index in [-0.39, 0.29) is 36.6 Å². The zero-order valence-electron chi connectivity index (χ0n) is 17.5. The summed E-state index contributed by atoms with van der Waals surface area (Å²) in [6, 6.07) is 21.0. The minimum absolute atomic E-state index is 0.131. The predicted octanol–water partition coefficient (Wildman–Crippen LogP) is 4.24. The van der Waals surface area contributed by atoms with Crippen LogP contribution in [0.5, 0.6) is 5.75 Å². The highest BCUT2D eigenvalue weighted by Gasteiger charge is 2.34. The van der Waals surface area contributed by atoms with Crippen molar-refractivity contribution in [3.05, 3.63) is 82.8 Å². The van der Waals surface area contributed by atoms with E-state index in [9.17, 15) is 14.4 Å². The fourth-order valence-electron chi connectivity index (χ4n) is 3.53. The molecule has 4 rings (SSSR count). The van der Waals surface area contributed by atoms with Gasteiger partial charge >= 0.3 is 0 Å². The summed E-state index contributed by atoms with van der Waals surface area (Å²) in [5.41, 5.74) is 1.74. The molecule has 1 N–H and O–H groups in total. The number of benzene rings is 3. The maximum absolute atomic E-state index is 12.6. The number of methoxy groups -OCH3 is 1. The van der Waals surface area contributed by atoms with Gasteiger partial charge in [-0.15, -0.1) is 0 Å². The second-order valence-electron chi connectivity index (χ2n) is 7.27. The molecule has 1 saturated heterocycles. The molecule has 32 heavy (non-hydrogen) atoms. The molecule has 0 aromatic heterocycles. The molecule has 3 aromatic carbocycles. The number of fused-ring (bicyclic) bond motifs is 1. The molecule has 0 bridgehead atoms. The van der Waals surface area contributed by atoms with Gasteiger partial charge in [0, 0.05) is 13.1 Å². The predicted molar refractivity (Wildman–Crippen MR) is 126 cm³/mol. The summed E-state index contributed by atoms with van der Waals surface area (Å²) in [6.45, 7) is 0.337. The molecule has 0 spiro atoms. The second-order valence-corrected chi connectivity index (χ2v) is 8.26. The van der Waals surface area contributed by atoms with Crippen LogP contribution in [0, 0.1) is 0 Å². The number of rotatable bonds is 7. The van der Waals surface area contributed by atoms with E-state index < -0.39 is 0 Å². The highest BCUT2D eigenvalue weighted by Crippen LogP contribution is 2.32. The fraction of sp³-hybridized carbons (Fsp3) is 0.160. The molecule has 3 amide bonds. The highest BCUT2D eigenvalue weighted by atomic mass is 32.2. The third-order valence-corrected chi connectivity index (χ3v) is 6.08. The Hall–Kier alpha value is -3.58. The zero-order valence-corrected chi connectivity index (χ0v) is 18.4. The fourth-order valence-corrected chi connectivity index (χ4v) is 4.40. The monoisotopic (exact) mass is 446 g/mol. The standard InChI is InChI=1S/C25H22N2O4S/c1-31-20-11-9-17(10-12-20)15-22-24(29)27(25(30)32-22)14-13-26-23(28)16-19-7-4-6-18-5-2-3-8-21(18)19/h2-12,15H,13-14,16H2,1H3,(H,26,28)/b22-15+. The first-order valence-corrected chi connectivity index (χ1v) is 11.0. The molecule has 1 fully saturated rings. The average molecular weight is 447 g/mol. The number of amides is 3. The molecule has 6 nitrogen and oxygen atoms in total. The zero-order chi connectivity index (χ0) is 22.5. The molecule has 1 aliphatic heterocycles. The van der Waals surface area contributed by atoms with Crippen LogP contribution in [-0.4, -0.2) is 42.2 Å². The Bertz CT molecular complexity index is 1200.